The van der Waals surface area contributed by atoms with Crippen LogP contribution in [0.15, 0.2) is 17.2 Å². The summed E-state index contributed by atoms with van der Waals surface area (Å²) in [7, 11) is -1.04. The van der Waals surface area contributed by atoms with E-state index < -0.39 is 16.0 Å². The predicted octanol–water partition coefficient (Wildman–Crippen LogP) is -0.489. The molecular weight excluding hydrogens is 426 g/mol. The Morgan fingerprint density at radius 2 is 1.90 bits per heavy atom. The number of carbonyl (C=O) groups excluding carboxylic acids is 2. The number of rotatable bonds is 7. The topological polar surface area (TPSA) is 130 Å². The zero-order chi connectivity index (χ0) is 22.4. The Morgan fingerprint density at radius 1 is 1.23 bits per heavy atom. The maximum Gasteiger partial charge on any atom is 0.339 e. The lowest BCUT2D eigenvalue weighted by molar-refractivity contribution is -0.122. The number of likely N-dealkylation sites (tertiary alicyclic amines) is 1. The SMILES string of the molecule is CNC(=O)CN1CCC(Nc2ncc(C(=O)OC)cc2S(=O)(=O)N2CCOCC2)CC1. The van der Waals surface area contributed by atoms with E-state index in [1.807, 2.05) is 0 Å². The first kappa shape index (κ1) is 23.4. The number of piperidine rings is 1. The molecule has 2 N–H and O–H groups in total. The predicted molar refractivity (Wildman–Crippen MR) is 112 cm³/mol. The molecule has 2 aliphatic rings. The van der Waals surface area contributed by atoms with E-state index in [-0.39, 0.29) is 41.3 Å². The van der Waals surface area contributed by atoms with E-state index in [1.165, 1.54) is 23.7 Å². The van der Waals surface area contributed by atoms with Gasteiger partial charge in [-0.05, 0) is 18.9 Å². The minimum atomic E-state index is -3.88. The molecule has 0 radical (unpaired) electrons. The molecule has 1 aromatic rings. The van der Waals surface area contributed by atoms with Gasteiger partial charge >= 0.3 is 5.97 Å². The molecule has 2 aliphatic heterocycles. The van der Waals surface area contributed by atoms with E-state index in [9.17, 15) is 18.0 Å². The smallest absolute Gasteiger partial charge is 0.339 e. The van der Waals surface area contributed by atoms with E-state index in [0.29, 0.717) is 32.8 Å². The maximum atomic E-state index is 13.3. The zero-order valence-electron chi connectivity index (χ0n) is 17.8. The van der Waals surface area contributed by atoms with Crippen LogP contribution >= 0.6 is 0 Å². The summed E-state index contributed by atoms with van der Waals surface area (Å²) in [6, 6.07) is 1.31. The Balaban J connectivity index is 1.80. The van der Waals surface area contributed by atoms with Crippen LogP contribution in [0.5, 0.6) is 0 Å². The van der Waals surface area contributed by atoms with Gasteiger partial charge in [0.25, 0.3) is 0 Å². The molecule has 0 saturated carbocycles. The third-order valence-electron chi connectivity index (χ3n) is 5.44. The number of nitrogens with one attached hydrogen (secondary N) is 2. The molecule has 3 rings (SSSR count). The maximum absolute atomic E-state index is 13.3. The zero-order valence-corrected chi connectivity index (χ0v) is 18.6. The number of ether oxygens (including phenoxy) is 2. The Labute approximate surface area is 182 Å². The highest BCUT2D eigenvalue weighted by Gasteiger charge is 2.31. The van der Waals surface area contributed by atoms with Crippen LogP contribution in [0.1, 0.15) is 23.2 Å². The quantitative estimate of drug-likeness (QED) is 0.523. The van der Waals surface area contributed by atoms with Gasteiger partial charge in [0.15, 0.2) is 0 Å². The number of amides is 1. The lowest BCUT2D eigenvalue weighted by Crippen LogP contribution is -2.44. The number of methoxy groups -OCH3 is 1. The highest BCUT2D eigenvalue weighted by Crippen LogP contribution is 2.27. The largest absolute Gasteiger partial charge is 0.465 e. The van der Waals surface area contributed by atoms with Gasteiger partial charge in [0.2, 0.25) is 15.9 Å². The van der Waals surface area contributed by atoms with Crippen LogP contribution in [0.25, 0.3) is 0 Å². The highest BCUT2D eigenvalue weighted by atomic mass is 32.2. The molecule has 0 bridgehead atoms. The second-order valence-electron chi connectivity index (χ2n) is 7.45. The fraction of sp³-hybridized carbons (Fsp3) is 0.632. The summed E-state index contributed by atoms with van der Waals surface area (Å²) < 4.78 is 37.9. The van der Waals surface area contributed by atoms with Crippen LogP contribution in [0.2, 0.25) is 0 Å². The van der Waals surface area contributed by atoms with Gasteiger partial charge in [-0.2, -0.15) is 4.31 Å². The van der Waals surface area contributed by atoms with Crippen LogP contribution in [-0.2, 0) is 24.3 Å². The van der Waals surface area contributed by atoms with Gasteiger partial charge in [-0.15, -0.1) is 0 Å². The molecule has 2 fully saturated rings. The number of hydrogen-bond acceptors (Lipinski definition) is 9. The molecular formula is C19H29N5O6S. The molecule has 1 aromatic heterocycles. The van der Waals surface area contributed by atoms with E-state index in [0.717, 1.165) is 12.8 Å². The van der Waals surface area contributed by atoms with E-state index in [1.54, 1.807) is 7.05 Å². The number of morpholine rings is 1. The van der Waals surface area contributed by atoms with Crippen LogP contribution in [0, 0.1) is 0 Å². The average Bonchev–Trinajstić information content (AvgIpc) is 2.80. The lowest BCUT2D eigenvalue weighted by atomic mass is 10.0. The summed E-state index contributed by atoms with van der Waals surface area (Å²) in [5.74, 6) is -0.478. The standard InChI is InChI=1S/C19H29N5O6S/c1-20-17(25)13-23-5-3-15(4-6-23)22-18-16(11-14(12-21-18)19(26)29-2)31(27,28)24-7-9-30-10-8-24/h11-12,15H,3-10,13H2,1-2H3,(H,20,25)(H,21,22). The first-order chi connectivity index (χ1) is 14.8. The molecule has 0 aliphatic carbocycles. The Bertz CT molecular complexity index is 895. The monoisotopic (exact) mass is 455 g/mol. The van der Waals surface area contributed by atoms with Gasteiger partial charge in [-0.3, -0.25) is 9.69 Å². The number of nitrogens with zero attached hydrogens (tertiary/aromatic N) is 3. The minimum absolute atomic E-state index is 0.00365. The van der Waals surface area contributed by atoms with E-state index >= 15 is 0 Å². The third-order valence-corrected chi connectivity index (χ3v) is 7.35. The van der Waals surface area contributed by atoms with Gasteiger partial charge in [0.05, 0.1) is 32.4 Å². The van der Waals surface area contributed by atoms with Crippen molar-refractivity contribution < 1.29 is 27.5 Å². The molecule has 3 heterocycles. The highest BCUT2D eigenvalue weighted by molar-refractivity contribution is 7.89. The molecule has 0 spiro atoms. The van der Waals surface area contributed by atoms with Crippen molar-refractivity contribution in [3.63, 3.8) is 0 Å². The van der Waals surface area contributed by atoms with Crippen molar-refractivity contribution >= 4 is 27.7 Å². The first-order valence-corrected chi connectivity index (χ1v) is 11.6. The van der Waals surface area contributed by atoms with Crippen molar-refractivity contribution in [2.45, 2.75) is 23.8 Å². The Hall–Kier alpha value is -2.28. The van der Waals surface area contributed by atoms with Crippen molar-refractivity contribution in [1.82, 2.24) is 19.5 Å². The van der Waals surface area contributed by atoms with Gasteiger partial charge in [0, 0.05) is 45.5 Å². The number of hydrogen-bond donors (Lipinski definition) is 2. The second-order valence-corrected chi connectivity index (χ2v) is 9.35. The summed E-state index contributed by atoms with van der Waals surface area (Å²) in [5, 5.41) is 5.85. The third kappa shape index (κ3) is 5.70. The number of esters is 1. The van der Waals surface area contributed by atoms with Crippen molar-refractivity contribution in [3.8, 4) is 0 Å². The number of carbonyl (C=O) groups is 2. The number of likely N-dealkylation sites (N-methyl/N-ethyl adjacent to an activating group) is 1. The fourth-order valence-corrected chi connectivity index (χ4v) is 5.16. The summed E-state index contributed by atoms with van der Waals surface area (Å²) in [4.78, 5) is 29.8. The molecule has 31 heavy (non-hydrogen) atoms. The van der Waals surface area contributed by atoms with Crippen LogP contribution in [0.4, 0.5) is 5.82 Å². The average molecular weight is 456 g/mol. The van der Waals surface area contributed by atoms with Crippen molar-refractivity contribution in [3.05, 3.63) is 17.8 Å². The Morgan fingerprint density at radius 3 is 2.52 bits per heavy atom. The van der Waals surface area contributed by atoms with Crippen LogP contribution in [-0.4, -0.2) is 101 Å². The van der Waals surface area contributed by atoms with Gasteiger partial charge in [-0.1, -0.05) is 0 Å². The van der Waals surface area contributed by atoms with E-state index in [2.05, 4.69) is 20.5 Å². The van der Waals surface area contributed by atoms with Gasteiger partial charge in [0.1, 0.15) is 10.7 Å². The summed E-state index contributed by atoms with van der Waals surface area (Å²) in [5.41, 5.74) is 0.0697. The first-order valence-electron chi connectivity index (χ1n) is 10.2. The van der Waals surface area contributed by atoms with Gasteiger partial charge < -0.3 is 20.1 Å². The second kappa shape index (κ2) is 10.4. The van der Waals surface area contributed by atoms with Crippen molar-refractivity contribution in [2.24, 2.45) is 0 Å². The molecule has 11 nitrogen and oxygen atoms in total. The molecule has 0 unspecified atom stereocenters. The summed E-state index contributed by atoms with van der Waals surface area (Å²) >= 11 is 0. The van der Waals surface area contributed by atoms with Crippen LogP contribution in [0.3, 0.4) is 0 Å². The lowest BCUT2D eigenvalue weighted by Gasteiger charge is -2.32. The van der Waals surface area contributed by atoms with Crippen molar-refractivity contribution in [1.29, 1.82) is 0 Å². The van der Waals surface area contributed by atoms with E-state index in [4.69, 9.17) is 9.47 Å². The van der Waals surface area contributed by atoms with Gasteiger partial charge in [-0.25, -0.2) is 18.2 Å². The minimum Gasteiger partial charge on any atom is -0.465 e. The number of aromatic nitrogens is 1. The normalized spacial score (nSPS) is 19.0. The molecule has 0 atom stereocenters. The molecule has 12 heteroatoms. The summed E-state index contributed by atoms with van der Waals surface area (Å²) in [6.07, 6.45) is 2.77. The van der Waals surface area contributed by atoms with Crippen LogP contribution < -0.4 is 10.6 Å². The number of pyridine rings is 1. The molecule has 2 saturated heterocycles. The molecule has 172 valence electrons. The molecule has 1 amide bonds. The summed E-state index contributed by atoms with van der Waals surface area (Å²) in [6.45, 7) is 2.86. The number of anilines is 1. The Kier molecular flexibility index (Phi) is 7.81. The molecule has 0 aromatic carbocycles. The van der Waals surface area contributed by atoms with Crippen molar-refractivity contribution in [2.75, 3.05) is 65.4 Å². The number of sulfonamides is 1. The fourth-order valence-electron chi connectivity index (χ4n) is 3.62.